The first-order valence-corrected chi connectivity index (χ1v) is 5.84. The molecule has 0 aliphatic carbocycles. The summed E-state index contributed by atoms with van der Waals surface area (Å²) in [6, 6.07) is 10.3. The van der Waals surface area contributed by atoms with Crippen molar-refractivity contribution in [3.05, 3.63) is 35.9 Å². The van der Waals surface area contributed by atoms with Crippen LogP contribution in [0.4, 0.5) is 0 Å². The molecular formula is C13H15NO2. The molecule has 2 heterocycles. The van der Waals surface area contributed by atoms with Crippen LogP contribution in [-0.4, -0.2) is 23.6 Å². The standard InChI is InChI=1S/C13H15NO2/c15-12-7-4-8-13-14(12)11(9-16-13)10-5-2-1-3-6-10/h1-3,5-6,11,13H,4,7-9H2/t11-,13+/m0/s1. The van der Waals surface area contributed by atoms with Gasteiger partial charge < -0.3 is 9.64 Å². The number of amides is 1. The number of fused-ring (bicyclic) bond motifs is 1. The monoisotopic (exact) mass is 217 g/mol. The van der Waals surface area contributed by atoms with Crippen molar-refractivity contribution in [3.8, 4) is 0 Å². The number of hydrogen-bond acceptors (Lipinski definition) is 2. The van der Waals surface area contributed by atoms with E-state index < -0.39 is 0 Å². The summed E-state index contributed by atoms with van der Waals surface area (Å²) in [5.74, 6) is 0.239. The molecule has 3 nitrogen and oxygen atoms in total. The van der Waals surface area contributed by atoms with Crippen LogP contribution in [-0.2, 0) is 9.53 Å². The highest BCUT2D eigenvalue weighted by atomic mass is 16.5. The molecule has 1 amide bonds. The fourth-order valence-electron chi connectivity index (χ4n) is 2.61. The van der Waals surface area contributed by atoms with Crippen LogP contribution < -0.4 is 0 Å². The average molecular weight is 217 g/mol. The Kier molecular flexibility index (Phi) is 2.40. The van der Waals surface area contributed by atoms with Crippen LogP contribution in [0.1, 0.15) is 30.9 Å². The van der Waals surface area contributed by atoms with Gasteiger partial charge >= 0.3 is 0 Å². The SMILES string of the molecule is O=C1CCC[C@H]2OC[C@@H](c3ccccc3)N12. The zero-order valence-electron chi connectivity index (χ0n) is 9.13. The largest absolute Gasteiger partial charge is 0.356 e. The zero-order chi connectivity index (χ0) is 11.0. The lowest BCUT2D eigenvalue weighted by Crippen LogP contribution is -2.41. The van der Waals surface area contributed by atoms with Crippen LogP contribution in [0.15, 0.2) is 30.3 Å². The van der Waals surface area contributed by atoms with Crippen molar-refractivity contribution in [3.63, 3.8) is 0 Å². The van der Waals surface area contributed by atoms with Gasteiger partial charge in [0.05, 0.1) is 12.6 Å². The predicted molar refractivity (Wildman–Crippen MR) is 59.6 cm³/mol. The molecule has 0 bridgehead atoms. The lowest BCUT2D eigenvalue weighted by atomic mass is 10.0. The first kappa shape index (κ1) is 9.85. The molecule has 2 aliphatic heterocycles. The van der Waals surface area contributed by atoms with Crippen molar-refractivity contribution in [2.75, 3.05) is 6.61 Å². The minimum atomic E-state index is 0.0199. The Bertz CT molecular complexity index is 390. The van der Waals surface area contributed by atoms with Gasteiger partial charge in [-0.1, -0.05) is 30.3 Å². The highest BCUT2D eigenvalue weighted by molar-refractivity contribution is 5.78. The van der Waals surface area contributed by atoms with E-state index in [1.807, 2.05) is 23.1 Å². The molecule has 2 fully saturated rings. The van der Waals surface area contributed by atoms with Crippen LogP contribution in [0.3, 0.4) is 0 Å². The first-order valence-electron chi connectivity index (χ1n) is 5.84. The van der Waals surface area contributed by atoms with E-state index in [-0.39, 0.29) is 18.2 Å². The minimum Gasteiger partial charge on any atom is -0.356 e. The van der Waals surface area contributed by atoms with Crippen molar-refractivity contribution >= 4 is 5.91 Å². The summed E-state index contributed by atoms with van der Waals surface area (Å²) in [6.45, 7) is 0.639. The molecule has 0 saturated carbocycles. The van der Waals surface area contributed by atoms with Gasteiger partial charge in [0.1, 0.15) is 6.23 Å². The van der Waals surface area contributed by atoms with Gasteiger partial charge in [-0.3, -0.25) is 4.79 Å². The number of carbonyl (C=O) groups is 1. The smallest absolute Gasteiger partial charge is 0.225 e. The van der Waals surface area contributed by atoms with Gasteiger partial charge in [0.25, 0.3) is 0 Å². The molecule has 84 valence electrons. The number of hydrogen-bond donors (Lipinski definition) is 0. The van der Waals surface area contributed by atoms with Gasteiger partial charge in [-0.2, -0.15) is 0 Å². The third-order valence-corrected chi connectivity index (χ3v) is 3.41. The van der Waals surface area contributed by atoms with E-state index in [0.29, 0.717) is 13.0 Å². The number of carbonyl (C=O) groups excluding carboxylic acids is 1. The molecule has 0 N–H and O–H groups in total. The number of ether oxygens (including phenoxy) is 1. The molecular weight excluding hydrogens is 202 g/mol. The van der Waals surface area contributed by atoms with Crippen molar-refractivity contribution in [1.82, 2.24) is 4.90 Å². The summed E-state index contributed by atoms with van der Waals surface area (Å²) in [7, 11) is 0. The normalized spacial score (nSPS) is 29.2. The molecule has 0 unspecified atom stereocenters. The number of nitrogens with zero attached hydrogens (tertiary/aromatic N) is 1. The Hall–Kier alpha value is -1.35. The summed E-state index contributed by atoms with van der Waals surface area (Å²) in [6.07, 6.45) is 2.63. The molecule has 2 saturated heterocycles. The van der Waals surface area contributed by atoms with Gasteiger partial charge in [-0.15, -0.1) is 0 Å². The van der Waals surface area contributed by atoms with E-state index in [0.717, 1.165) is 12.8 Å². The van der Waals surface area contributed by atoms with Gasteiger partial charge in [0.2, 0.25) is 5.91 Å². The van der Waals surface area contributed by atoms with Crippen molar-refractivity contribution in [2.45, 2.75) is 31.5 Å². The van der Waals surface area contributed by atoms with Crippen LogP contribution in [0.5, 0.6) is 0 Å². The Balaban J connectivity index is 1.89. The van der Waals surface area contributed by atoms with Crippen LogP contribution in [0.2, 0.25) is 0 Å². The Labute approximate surface area is 95.0 Å². The molecule has 1 aromatic rings. The first-order chi connectivity index (χ1) is 7.86. The summed E-state index contributed by atoms with van der Waals surface area (Å²) in [5.41, 5.74) is 1.18. The Morgan fingerprint density at radius 1 is 1.25 bits per heavy atom. The molecule has 0 spiro atoms. The van der Waals surface area contributed by atoms with Crippen molar-refractivity contribution in [2.24, 2.45) is 0 Å². The summed E-state index contributed by atoms with van der Waals surface area (Å²) in [5, 5.41) is 0. The molecule has 0 aromatic heterocycles. The van der Waals surface area contributed by atoms with E-state index in [4.69, 9.17) is 4.74 Å². The quantitative estimate of drug-likeness (QED) is 0.721. The topological polar surface area (TPSA) is 29.5 Å². The maximum absolute atomic E-state index is 11.9. The van der Waals surface area contributed by atoms with Crippen LogP contribution in [0.25, 0.3) is 0 Å². The van der Waals surface area contributed by atoms with Crippen molar-refractivity contribution < 1.29 is 9.53 Å². The molecule has 3 heteroatoms. The second-order valence-corrected chi connectivity index (χ2v) is 4.41. The van der Waals surface area contributed by atoms with E-state index in [1.54, 1.807) is 0 Å². The van der Waals surface area contributed by atoms with Crippen LogP contribution in [0, 0.1) is 0 Å². The average Bonchev–Trinajstić information content (AvgIpc) is 2.75. The minimum absolute atomic E-state index is 0.0199. The third-order valence-electron chi connectivity index (χ3n) is 3.41. The highest BCUT2D eigenvalue weighted by Gasteiger charge is 2.40. The van der Waals surface area contributed by atoms with Gasteiger partial charge in [0.15, 0.2) is 0 Å². The molecule has 3 rings (SSSR count). The fraction of sp³-hybridized carbons (Fsp3) is 0.462. The van der Waals surface area contributed by atoms with Gasteiger partial charge in [0, 0.05) is 6.42 Å². The zero-order valence-corrected chi connectivity index (χ0v) is 9.13. The van der Waals surface area contributed by atoms with E-state index in [1.165, 1.54) is 5.56 Å². The summed E-state index contributed by atoms with van der Waals surface area (Å²) >= 11 is 0. The van der Waals surface area contributed by atoms with Crippen molar-refractivity contribution in [1.29, 1.82) is 0 Å². The van der Waals surface area contributed by atoms with E-state index >= 15 is 0 Å². The Morgan fingerprint density at radius 3 is 2.88 bits per heavy atom. The third kappa shape index (κ3) is 1.52. The van der Waals surface area contributed by atoms with E-state index in [2.05, 4.69) is 12.1 Å². The second-order valence-electron chi connectivity index (χ2n) is 4.41. The van der Waals surface area contributed by atoms with Crippen LogP contribution >= 0.6 is 0 Å². The molecule has 1 aromatic carbocycles. The fourth-order valence-corrected chi connectivity index (χ4v) is 2.61. The maximum Gasteiger partial charge on any atom is 0.225 e. The maximum atomic E-state index is 11.9. The molecule has 2 atom stereocenters. The predicted octanol–water partition coefficient (Wildman–Crippen LogP) is 2.10. The lowest BCUT2D eigenvalue weighted by Gasteiger charge is -2.32. The molecule has 0 radical (unpaired) electrons. The second kappa shape index (κ2) is 3.91. The number of rotatable bonds is 1. The summed E-state index contributed by atoms with van der Waals surface area (Å²) in [4.78, 5) is 13.8. The van der Waals surface area contributed by atoms with Gasteiger partial charge in [-0.05, 0) is 18.4 Å². The van der Waals surface area contributed by atoms with E-state index in [9.17, 15) is 4.79 Å². The number of piperidine rings is 1. The summed E-state index contributed by atoms with van der Waals surface area (Å²) < 4.78 is 5.70. The number of benzene rings is 1. The highest BCUT2D eigenvalue weighted by Crippen LogP contribution is 2.35. The molecule has 16 heavy (non-hydrogen) atoms. The molecule has 2 aliphatic rings. The lowest BCUT2D eigenvalue weighted by molar-refractivity contribution is -0.142. The Morgan fingerprint density at radius 2 is 2.06 bits per heavy atom. The van der Waals surface area contributed by atoms with Gasteiger partial charge in [-0.25, -0.2) is 0 Å².